The molecule has 0 aliphatic heterocycles. The number of amides is 1. The number of hydrogen-bond acceptors (Lipinski definition) is 3. The second-order valence-corrected chi connectivity index (χ2v) is 3.10. The molecule has 0 saturated carbocycles. The van der Waals surface area contributed by atoms with E-state index >= 15 is 0 Å². The molecule has 2 N–H and O–H groups in total. The Kier molecular flexibility index (Phi) is 3.97. The predicted molar refractivity (Wildman–Crippen MR) is 61.5 cm³/mol. The molecule has 1 aromatic carbocycles. The average molecular weight is 208 g/mol. The van der Waals surface area contributed by atoms with Crippen molar-refractivity contribution in [1.82, 2.24) is 0 Å². The Hall–Kier alpha value is -1.71. The van der Waals surface area contributed by atoms with E-state index < -0.39 is 0 Å². The van der Waals surface area contributed by atoms with Gasteiger partial charge in [-0.05, 0) is 19.1 Å². The number of nitrogens with one attached hydrogen (secondary N) is 2. The summed E-state index contributed by atoms with van der Waals surface area (Å²) in [4.78, 5) is 11.0. The standard InChI is InChI=1S/C11H16N2O2/c1-4-12-9-6-5-7-10(11(9)15-3)13-8(2)14/h5-7,12H,4H2,1-3H3,(H,13,14). The number of carbonyl (C=O) groups excluding carboxylic acids is 1. The number of rotatable bonds is 4. The molecule has 0 spiro atoms. The van der Waals surface area contributed by atoms with E-state index in [0.717, 1.165) is 12.2 Å². The molecule has 0 atom stereocenters. The summed E-state index contributed by atoms with van der Waals surface area (Å²) < 4.78 is 5.25. The van der Waals surface area contributed by atoms with Crippen molar-refractivity contribution in [3.8, 4) is 5.75 Å². The smallest absolute Gasteiger partial charge is 0.221 e. The van der Waals surface area contributed by atoms with Crippen molar-refractivity contribution in [3.05, 3.63) is 18.2 Å². The molecular formula is C11H16N2O2. The largest absolute Gasteiger partial charge is 0.492 e. The minimum atomic E-state index is -0.109. The molecule has 0 heterocycles. The first kappa shape index (κ1) is 11.4. The lowest BCUT2D eigenvalue weighted by atomic mass is 10.2. The number of para-hydroxylation sites is 1. The van der Waals surface area contributed by atoms with Crippen LogP contribution in [-0.2, 0) is 4.79 Å². The second-order valence-electron chi connectivity index (χ2n) is 3.10. The quantitative estimate of drug-likeness (QED) is 0.796. The van der Waals surface area contributed by atoms with Crippen molar-refractivity contribution in [2.24, 2.45) is 0 Å². The zero-order chi connectivity index (χ0) is 11.3. The van der Waals surface area contributed by atoms with Crippen LogP contribution in [0.15, 0.2) is 18.2 Å². The third-order valence-electron chi connectivity index (χ3n) is 1.90. The minimum Gasteiger partial charge on any atom is -0.492 e. The van der Waals surface area contributed by atoms with Crippen LogP contribution in [0.3, 0.4) is 0 Å². The van der Waals surface area contributed by atoms with Gasteiger partial charge in [0.05, 0.1) is 18.5 Å². The molecule has 1 rings (SSSR count). The van der Waals surface area contributed by atoms with Gasteiger partial charge in [-0.2, -0.15) is 0 Å². The van der Waals surface area contributed by atoms with Gasteiger partial charge in [0.2, 0.25) is 5.91 Å². The molecule has 82 valence electrons. The van der Waals surface area contributed by atoms with Gasteiger partial charge in [-0.1, -0.05) is 6.07 Å². The van der Waals surface area contributed by atoms with Gasteiger partial charge in [0.15, 0.2) is 5.75 Å². The molecule has 0 fully saturated rings. The summed E-state index contributed by atoms with van der Waals surface area (Å²) in [6.45, 7) is 4.28. The Balaban J connectivity index is 3.04. The van der Waals surface area contributed by atoms with Gasteiger partial charge in [0.25, 0.3) is 0 Å². The molecule has 0 radical (unpaired) electrons. The van der Waals surface area contributed by atoms with E-state index in [2.05, 4.69) is 10.6 Å². The summed E-state index contributed by atoms with van der Waals surface area (Å²) >= 11 is 0. The molecule has 1 amide bonds. The normalized spacial score (nSPS) is 9.53. The van der Waals surface area contributed by atoms with E-state index in [9.17, 15) is 4.79 Å². The van der Waals surface area contributed by atoms with E-state index in [0.29, 0.717) is 11.4 Å². The van der Waals surface area contributed by atoms with Crippen molar-refractivity contribution in [2.45, 2.75) is 13.8 Å². The summed E-state index contributed by atoms with van der Waals surface area (Å²) in [6.07, 6.45) is 0. The monoisotopic (exact) mass is 208 g/mol. The second kappa shape index (κ2) is 5.24. The Morgan fingerprint density at radius 3 is 2.60 bits per heavy atom. The maximum absolute atomic E-state index is 11.0. The number of carbonyl (C=O) groups is 1. The highest BCUT2D eigenvalue weighted by atomic mass is 16.5. The van der Waals surface area contributed by atoms with E-state index in [1.807, 2.05) is 19.1 Å². The van der Waals surface area contributed by atoms with Gasteiger partial charge in [-0.25, -0.2) is 0 Å². The maximum Gasteiger partial charge on any atom is 0.221 e. The lowest BCUT2D eigenvalue weighted by molar-refractivity contribution is -0.114. The molecule has 0 bridgehead atoms. The third-order valence-corrected chi connectivity index (χ3v) is 1.90. The van der Waals surface area contributed by atoms with Crippen molar-refractivity contribution >= 4 is 17.3 Å². The van der Waals surface area contributed by atoms with Crippen LogP contribution in [0.4, 0.5) is 11.4 Å². The molecule has 4 nitrogen and oxygen atoms in total. The zero-order valence-electron chi connectivity index (χ0n) is 9.26. The van der Waals surface area contributed by atoms with Crippen LogP contribution in [-0.4, -0.2) is 19.6 Å². The van der Waals surface area contributed by atoms with Crippen LogP contribution in [0.1, 0.15) is 13.8 Å². The molecule has 15 heavy (non-hydrogen) atoms. The zero-order valence-corrected chi connectivity index (χ0v) is 9.26. The van der Waals surface area contributed by atoms with Gasteiger partial charge in [0.1, 0.15) is 0 Å². The number of ether oxygens (including phenoxy) is 1. The molecular weight excluding hydrogens is 192 g/mol. The molecule has 0 aromatic heterocycles. The van der Waals surface area contributed by atoms with Gasteiger partial charge in [0, 0.05) is 13.5 Å². The summed E-state index contributed by atoms with van der Waals surface area (Å²) in [5.41, 5.74) is 1.56. The average Bonchev–Trinajstić information content (AvgIpc) is 2.18. The topological polar surface area (TPSA) is 50.4 Å². The fourth-order valence-corrected chi connectivity index (χ4v) is 1.37. The fourth-order valence-electron chi connectivity index (χ4n) is 1.37. The first-order valence-corrected chi connectivity index (χ1v) is 4.87. The van der Waals surface area contributed by atoms with E-state index in [-0.39, 0.29) is 5.91 Å². The van der Waals surface area contributed by atoms with Crippen molar-refractivity contribution in [3.63, 3.8) is 0 Å². The van der Waals surface area contributed by atoms with Crippen LogP contribution < -0.4 is 15.4 Å². The third kappa shape index (κ3) is 2.87. The van der Waals surface area contributed by atoms with Crippen LogP contribution in [0.5, 0.6) is 5.75 Å². The molecule has 1 aromatic rings. The van der Waals surface area contributed by atoms with E-state index in [4.69, 9.17) is 4.74 Å². The first-order valence-electron chi connectivity index (χ1n) is 4.87. The van der Waals surface area contributed by atoms with Gasteiger partial charge < -0.3 is 15.4 Å². The van der Waals surface area contributed by atoms with Crippen LogP contribution in [0.25, 0.3) is 0 Å². The van der Waals surface area contributed by atoms with Gasteiger partial charge in [-0.3, -0.25) is 4.79 Å². The van der Waals surface area contributed by atoms with Crippen molar-refractivity contribution < 1.29 is 9.53 Å². The van der Waals surface area contributed by atoms with Crippen molar-refractivity contribution in [1.29, 1.82) is 0 Å². The van der Waals surface area contributed by atoms with E-state index in [1.165, 1.54) is 6.92 Å². The Morgan fingerprint density at radius 1 is 1.40 bits per heavy atom. The highest BCUT2D eigenvalue weighted by molar-refractivity contribution is 5.92. The highest BCUT2D eigenvalue weighted by Gasteiger charge is 2.08. The van der Waals surface area contributed by atoms with Crippen LogP contribution in [0, 0.1) is 0 Å². The number of benzene rings is 1. The van der Waals surface area contributed by atoms with Crippen LogP contribution in [0.2, 0.25) is 0 Å². The van der Waals surface area contributed by atoms with Gasteiger partial charge >= 0.3 is 0 Å². The summed E-state index contributed by atoms with van der Waals surface area (Å²) in [6, 6.07) is 5.58. The predicted octanol–water partition coefficient (Wildman–Crippen LogP) is 2.09. The molecule has 0 unspecified atom stereocenters. The fraction of sp³-hybridized carbons (Fsp3) is 0.364. The summed E-state index contributed by atoms with van der Waals surface area (Å²) in [5, 5.41) is 5.88. The van der Waals surface area contributed by atoms with Crippen LogP contribution >= 0.6 is 0 Å². The number of hydrogen-bond donors (Lipinski definition) is 2. The molecule has 0 aliphatic rings. The number of methoxy groups -OCH3 is 1. The SMILES string of the molecule is CCNc1cccc(NC(C)=O)c1OC. The minimum absolute atomic E-state index is 0.109. The Labute approximate surface area is 89.6 Å². The molecule has 0 saturated heterocycles. The Morgan fingerprint density at radius 2 is 2.07 bits per heavy atom. The first-order chi connectivity index (χ1) is 7.19. The van der Waals surface area contributed by atoms with Gasteiger partial charge in [-0.15, -0.1) is 0 Å². The summed E-state index contributed by atoms with van der Waals surface area (Å²) in [5.74, 6) is 0.552. The molecule has 4 heteroatoms. The highest BCUT2D eigenvalue weighted by Crippen LogP contribution is 2.32. The number of anilines is 2. The lowest BCUT2D eigenvalue weighted by Gasteiger charge is -2.14. The lowest BCUT2D eigenvalue weighted by Crippen LogP contribution is -2.08. The van der Waals surface area contributed by atoms with E-state index in [1.54, 1.807) is 13.2 Å². The van der Waals surface area contributed by atoms with Crippen molar-refractivity contribution in [2.75, 3.05) is 24.3 Å². The molecule has 0 aliphatic carbocycles. The Bertz CT molecular complexity index is 350. The maximum atomic E-state index is 11.0. The summed E-state index contributed by atoms with van der Waals surface area (Å²) in [7, 11) is 1.58.